The molecule has 27 heavy (non-hydrogen) atoms. The number of nitrogens with one attached hydrogen (secondary N) is 1. The highest BCUT2D eigenvalue weighted by atomic mass is 32.1. The standard InChI is InChI=1S/C20H23N5OS/c26-19(11-15-13-27-17-4-2-1-3-16(15)17)24-8-5-14(6-9-24)20-23-22-18-12-21-7-10-25(18)20/h1-4,13-14,21H,5-12H2. The zero-order valence-corrected chi connectivity index (χ0v) is 16.0. The lowest BCUT2D eigenvalue weighted by atomic mass is 9.95. The van der Waals surface area contributed by atoms with E-state index in [1.807, 2.05) is 11.0 Å². The summed E-state index contributed by atoms with van der Waals surface area (Å²) in [5.41, 5.74) is 1.15. The maximum Gasteiger partial charge on any atom is 0.227 e. The van der Waals surface area contributed by atoms with Gasteiger partial charge in [0.05, 0.1) is 13.0 Å². The molecule has 0 unspecified atom stereocenters. The van der Waals surface area contributed by atoms with Crippen molar-refractivity contribution in [3.05, 3.63) is 46.9 Å². The Hall–Kier alpha value is -2.25. The average molecular weight is 382 g/mol. The number of hydrogen-bond donors (Lipinski definition) is 1. The van der Waals surface area contributed by atoms with Crippen molar-refractivity contribution in [2.45, 2.75) is 38.3 Å². The molecular formula is C20H23N5OS. The second-order valence-electron chi connectivity index (χ2n) is 7.39. The van der Waals surface area contributed by atoms with Crippen molar-refractivity contribution in [2.75, 3.05) is 19.6 Å². The molecule has 140 valence electrons. The van der Waals surface area contributed by atoms with Crippen LogP contribution in [0.25, 0.3) is 10.1 Å². The second-order valence-corrected chi connectivity index (χ2v) is 8.30. The molecule has 0 bridgehead atoms. The number of carbonyl (C=O) groups is 1. The van der Waals surface area contributed by atoms with Gasteiger partial charge in [-0.1, -0.05) is 18.2 Å². The first-order valence-corrected chi connectivity index (χ1v) is 10.5. The van der Waals surface area contributed by atoms with E-state index >= 15 is 0 Å². The summed E-state index contributed by atoms with van der Waals surface area (Å²) in [7, 11) is 0. The van der Waals surface area contributed by atoms with Crippen LogP contribution in [0.2, 0.25) is 0 Å². The third-order valence-corrected chi connectivity index (χ3v) is 6.78. The number of likely N-dealkylation sites (tertiary alicyclic amines) is 1. The highest BCUT2D eigenvalue weighted by molar-refractivity contribution is 7.17. The van der Waals surface area contributed by atoms with Crippen LogP contribution in [-0.4, -0.2) is 45.2 Å². The maximum absolute atomic E-state index is 12.8. The third kappa shape index (κ3) is 3.15. The van der Waals surface area contributed by atoms with Gasteiger partial charge in [0.2, 0.25) is 5.91 Å². The lowest BCUT2D eigenvalue weighted by Crippen LogP contribution is -2.39. The lowest BCUT2D eigenvalue weighted by Gasteiger charge is -2.32. The fraction of sp³-hybridized carbons (Fsp3) is 0.450. The first kappa shape index (κ1) is 16.9. The van der Waals surface area contributed by atoms with Gasteiger partial charge >= 0.3 is 0 Å². The summed E-state index contributed by atoms with van der Waals surface area (Å²) in [4.78, 5) is 14.8. The molecule has 2 aliphatic rings. The van der Waals surface area contributed by atoms with Crippen LogP contribution in [0, 0.1) is 0 Å². The van der Waals surface area contributed by atoms with Crippen molar-refractivity contribution in [1.29, 1.82) is 0 Å². The average Bonchev–Trinajstić information content (AvgIpc) is 3.33. The van der Waals surface area contributed by atoms with Gasteiger partial charge in [-0.3, -0.25) is 4.79 Å². The normalized spacial score (nSPS) is 18.0. The van der Waals surface area contributed by atoms with Gasteiger partial charge in [-0.05, 0) is 35.2 Å². The SMILES string of the molecule is O=C(Cc1csc2ccccc12)N1CCC(c2nnc3n2CCNC3)CC1. The number of hydrogen-bond acceptors (Lipinski definition) is 5. The molecule has 7 heteroatoms. The van der Waals surface area contributed by atoms with Gasteiger partial charge in [-0.2, -0.15) is 0 Å². The molecule has 1 N–H and O–H groups in total. The van der Waals surface area contributed by atoms with Crippen LogP contribution in [0.1, 0.15) is 36.0 Å². The van der Waals surface area contributed by atoms with E-state index in [4.69, 9.17) is 0 Å². The lowest BCUT2D eigenvalue weighted by molar-refractivity contribution is -0.131. The Morgan fingerprint density at radius 3 is 2.93 bits per heavy atom. The molecule has 3 aromatic rings. The highest BCUT2D eigenvalue weighted by Gasteiger charge is 2.28. The number of benzene rings is 1. The smallest absolute Gasteiger partial charge is 0.227 e. The fourth-order valence-corrected chi connectivity index (χ4v) is 5.21. The number of fused-ring (bicyclic) bond motifs is 2. The topological polar surface area (TPSA) is 63.1 Å². The highest BCUT2D eigenvalue weighted by Crippen LogP contribution is 2.30. The van der Waals surface area contributed by atoms with Gasteiger partial charge in [0.1, 0.15) is 11.6 Å². The van der Waals surface area contributed by atoms with Crippen LogP contribution in [-0.2, 0) is 24.3 Å². The predicted molar refractivity (Wildman–Crippen MR) is 106 cm³/mol. The Kier molecular flexibility index (Phi) is 4.41. The Labute approximate surface area is 162 Å². The van der Waals surface area contributed by atoms with Gasteiger partial charge in [-0.15, -0.1) is 21.5 Å². The van der Waals surface area contributed by atoms with Crippen molar-refractivity contribution in [3.8, 4) is 0 Å². The molecular weight excluding hydrogens is 358 g/mol. The van der Waals surface area contributed by atoms with Crippen molar-refractivity contribution in [2.24, 2.45) is 0 Å². The summed E-state index contributed by atoms with van der Waals surface area (Å²) >= 11 is 1.72. The number of piperidine rings is 1. The predicted octanol–water partition coefficient (Wildman–Crippen LogP) is 2.54. The number of carbonyl (C=O) groups excluding carboxylic acids is 1. The first-order chi connectivity index (χ1) is 13.3. The van der Waals surface area contributed by atoms with Crippen LogP contribution in [0.5, 0.6) is 0 Å². The quantitative estimate of drug-likeness (QED) is 0.757. The molecule has 1 saturated heterocycles. The molecule has 1 aromatic carbocycles. The van der Waals surface area contributed by atoms with Crippen molar-refractivity contribution < 1.29 is 4.79 Å². The van der Waals surface area contributed by atoms with E-state index in [0.29, 0.717) is 12.3 Å². The second kappa shape index (κ2) is 7.05. The fourth-order valence-electron chi connectivity index (χ4n) is 4.25. The van der Waals surface area contributed by atoms with Gasteiger partial charge in [0, 0.05) is 36.8 Å². The van der Waals surface area contributed by atoms with Crippen molar-refractivity contribution >= 4 is 27.3 Å². The molecule has 4 heterocycles. The molecule has 0 radical (unpaired) electrons. The summed E-state index contributed by atoms with van der Waals surface area (Å²) < 4.78 is 3.53. The summed E-state index contributed by atoms with van der Waals surface area (Å²) in [6, 6.07) is 8.33. The summed E-state index contributed by atoms with van der Waals surface area (Å²) in [5.74, 6) is 2.81. The van der Waals surface area contributed by atoms with Crippen LogP contribution < -0.4 is 5.32 Å². The summed E-state index contributed by atoms with van der Waals surface area (Å²) in [6.07, 6.45) is 2.45. The molecule has 0 saturated carbocycles. The minimum atomic E-state index is 0.240. The van der Waals surface area contributed by atoms with Gasteiger partial charge in [0.25, 0.3) is 0 Å². The molecule has 2 aromatic heterocycles. The maximum atomic E-state index is 12.8. The van der Waals surface area contributed by atoms with E-state index < -0.39 is 0 Å². The van der Waals surface area contributed by atoms with Crippen LogP contribution in [0.3, 0.4) is 0 Å². The van der Waals surface area contributed by atoms with E-state index in [1.54, 1.807) is 11.3 Å². The Morgan fingerprint density at radius 2 is 2.04 bits per heavy atom. The zero-order valence-electron chi connectivity index (χ0n) is 15.2. The minimum Gasteiger partial charge on any atom is -0.342 e. The van der Waals surface area contributed by atoms with Gasteiger partial charge in [-0.25, -0.2) is 0 Å². The number of amides is 1. The Morgan fingerprint density at radius 1 is 1.19 bits per heavy atom. The molecule has 5 rings (SSSR count). The third-order valence-electron chi connectivity index (χ3n) is 5.77. The number of nitrogens with zero attached hydrogens (tertiary/aromatic N) is 4. The van der Waals surface area contributed by atoms with E-state index in [-0.39, 0.29) is 5.91 Å². The Balaban J connectivity index is 1.24. The van der Waals surface area contributed by atoms with Crippen molar-refractivity contribution in [3.63, 3.8) is 0 Å². The number of rotatable bonds is 3. The first-order valence-electron chi connectivity index (χ1n) is 9.65. The molecule has 1 amide bonds. The summed E-state index contributed by atoms with van der Waals surface area (Å²) in [5, 5.41) is 15.5. The largest absolute Gasteiger partial charge is 0.342 e. The monoisotopic (exact) mass is 381 g/mol. The van der Waals surface area contributed by atoms with Gasteiger partial charge < -0.3 is 14.8 Å². The molecule has 6 nitrogen and oxygen atoms in total. The molecule has 2 aliphatic heterocycles. The van der Waals surface area contributed by atoms with Crippen LogP contribution in [0.15, 0.2) is 29.6 Å². The van der Waals surface area contributed by atoms with E-state index in [9.17, 15) is 4.79 Å². The van der Waals surface area contributed by atoms with Gasteiger partial charge in [0.15, 0.2) is 0 Å². The molecule has 0 spiro atoms. The van der Waals surface area contributed by atoms with Crippen molar-refractivity contribution in [1.82, 2.24) is 25.0 Å². The van der Waals surface area contributed by atoms with E-state index in [1.165, 1.54) is 10.1 Å². The summed E-state index contributed by atoms with van der Waals surface area (Å²) in [6.45, 7) is 4.35. The van der Waals surface area contributed by atoms with Crippen LogP contribution in [0.4, 0.5) is 0 Å². The van der Waals surface area contributed by atoms with E-state index in [2.05, 4.69) is 43.7 Å². The number of thiophene rings is 1. The molecule has 0 aliphatic carbocycles. The van der Waals surface area contributed by atoms with Crippen LogP contribution >= 0.6 is 11.3 Å². The molecule has 1 fully saturated rings. The van der Waals surface area contributed by atoms with E-state index in [0.717, 1.165) is 62.8 Å². The number of aromatic nitrogens is 3. The Bertz CT molecular complexity index is 970. The zero-order chi connectivity index (χ0) is 18.2. The minimum absolute atomic E-state index is 0.240. The molecule has 0 atom stereocenters.